The summed E-state index contributed by atoms with van der Waals surface area (Å²) < 4.78 is 0. The second-order valence-corrected chi connectivity index (χ2v) is 6.06. The third-order valence-corrected chi connectivity index (χ3v) is 4.12. The number of carbonyl (C=O) groups is 2. The van der Waals surface area contributed by atoms with E-state index in [0.717, 1.165) is 0 Å². The van der Waals surface area contributed by atoms with E-state index in [1.165, 1.54) is 18.2 Å². The Morgan fingerprint density at radius 3 is 2.52 bits per heavy atom. The van der Waals surface area contributed by atoms with Crippen LogP contribution in [0.2, 0.25) is 0 Å². The SMILES string of the molecule is O=Cc1ccccc1NC(=O)C=CC=CC=Cc1c(O)c2ccccc2[nH]c1=O. The summed E-state index contributed by atoms with van der Waals surface area (Å²) in [4.78, 5) is 37.7. The minimum atomic E-state index is -0.394. The first-order valence-electron chi connectivity index (χ1n) is 8.80. The van der Waals surface area contributed by atoms with Gasteiger partial charge in [-0.3, -0.25) is 14.4 Å². The molecule has 29 heavy (non-hydrogen) atoms. The van der Waals surface area contributed by atoms with Crippen molar-refractivity contribution in [1.29, 1.82) is 0 Å². The lowest BCUT2D eigenvalue weighted by molar-refractivity contribution is -0.111. The van der Waals surface area contributed by atoms with Gasteiger partial charge < -0.3 is 15.4 Å². The van der Waals surface area contributed by atoms with Crippen LogP contribution in [0.3, 0.4) is 0 Å². The molecule has 0 unspecified atom stereocenters. The van der Waals surface area contributed by atoms with Gasteiger partial charge in [0.25, 0.3) is 5.56 Å². The number of anilines is 1. The molecular weight excluding hydrogens is 368 g/mol. The summed E-state index contributed by atoms with van der Waals surface area (Å²) >= 11 is 0. The summed E-state index contributed by atoms with van der Waals surface area (Å²) in [5.74, 6) is -0.464. The molecule has 3 rings (SSSR count). The number of allylic oxidation sites excluding steroid dienone is 4. The standard InChI is InChI=1S/C23H18N2O4/c26-15-16-9-5-7-12-19(16)24-21(27)14-4-2-1-3-11-18-22(28)17-10-6-8-13-20(17)25-23(18)29/h1-15H,(H,24,27)(H2,25,28,29). The number of carbonyl (C=O) groups excluding carboxylic acids is 2. The van der Waals surface area contributed by atoms with Crippen LogP contribution >= 0.6 is 0 Å². The number of aromatic nitrogens is 1. The van der Waals surface area contributed by atoms with Crippen LogP contribution in [0.15, 0.2) is 83.7 Å². The average Bonchev–Trinajstić information content (AvgIpc) is 2.73. The maximum atomic E-state index is 12.1. The number of hydrogen-bond donors (Lipinski definition) is 3. The van der Waals surface area contributed by atoms with Gasteiger partial charge in [-0.25, -0.2) is 0 Å². The fourth-order valence-electron chi connectivity index (χ4n) is 2.71. The van der Waals surface area contributed by atoms with Crippen LogP contribution in [0.4, 0.5) is 5.69 Å². The summed E-state index contributed by atoms with van der Waals surface area (Å²) in [6, 6.07) is 13.7. The molecule has 1 aromatic heterocycles. The quantitative estimate of drug-likeness (QED) is 0.341. The van der Waals surface area contributed by atoms with Gasteiger partial charge in [-0.1, -0.05) is 48.6 Å². The molecule has 6 heteroatoms. The van der Waals surface area contributed by atoms with Crippen LogP contribution in [0, 0.1) is 0 Å². The van der Waals surface area contributed by atoms with Crippen molar-refractivity contribution in [3.8, 4) is 5.75 Å². The summed E-state index contributed by atoms with van der Waals surface area (Å²) in [5, 5.41) is 13.5. The van der Waals surface area contributed by atoms with Crippen molar-refractivity contribution in [2.24, 2.45) is 0 Å². The monoisotopic (exact) mass is 386 g/mol. The Bertz CT molecular complexity index is 1200. The molecule has 1 amide bonds. The van der Waals surface area contributed by atoms with Crippen LogP contribution < -0.4 is 10.9 Å². The zero-order valence-electron chi connectivity index (χ0n) is 15.3. The smallest absolute Gasteiger partial charge is 0.259 e. The van der Waals surface area contributed by atoms with Crippen LogP contribution in [0.5, 0.6) is 5.75 Å². The van der Waals surface area contributed by atoms with Crippen LogP contribution in [0.1, 0.15) is 15.9 Å². The van der Waals surface area contributed by atoms with E-state index < -0.39 is 5.56 Å². The Morgan fingerprint density at radius 2 is 1.69 bits per heavy atom. The molecule has 3 N–H and O–H groups in total. The van der Waals surface area contributed by atoms with E-state index >= 15 is 0 Å². The number of nitrogens with one attached hydrogen (secondary N) is 2. The van der Waals surface area contributed by atoms with Gasteiger partial charge in [0.2, 0.25) is 5.91 Å². The molecule has 0 radical (unpaired) electrons. The lowest BCUT2D eigenvalue weighted by Crippen LogP contribution is -2.09. The average molecular weight is 386 g/mol. The number of aromatic hydroxyl groups is 1. The molecule has 144 valence electrons. The number of aldehydes is 1. The minimum absolute atomic E-state index is 0.0854. The maximum absolute atomic E-state index is 12.1. The van der Waals surface area contributed by atoms with Crippen molar-refractivity contribution in [3.05, 3.63) is 100 Å². The molecule has 0 aliphatic heterocycles. The number of fused-ring (bicyclic) bond motifs is 1. The van der Waals surface area contributed by atoms with Crippen molar-refractivity contribution < 1.29 is 14.7 Å². The highest BCUT2D eigenvalue weighted by atomic mass is 16.3. The highest BCUT2D eigenvalue weighted by molar-refractivity contribution is 6.02. The normalized spacial score (nSPS) is 11.6. The summed E-state index contributed by atoms with van der Waals surface area (Å²) in [7, 11) is 0. The molecule has 0 spiro atoms. The highest BCUT2D eigenvalue weighted by Crippen LogP contribution is 2.25. The number of benzene rings is 2. The number of aromatic amines is 1. The molecule has 0 bridgehead atoms. The van der Waals surface area contributed by atoms with E-state index in [2.05, 4.69) is 10.3 Å². The number of amides is 1. The topological polar surface area (TPSA) is 99.3 Å². The third kappa shape index (κ3) is 4.75. The van der Waals surface area contributed by atoms with Crippen molar-refractivity contribution in [3.63, 3.8) is 0 Å². The first-order chi connectivity index (χ1) is 14.1. The predicted molar refractivity (Wildman–Crippen MR) is 114 cm³/mol. The van der Waals surface area contributed by atoms with Crippen molar-refractivity contribution in [2.45, 2.75) is 0 Å². The first-order valence-corrected chi connectivity index (χ1v) is 8.80. The van der Waals surface area contributed by atoms with Gasteiger partial charge in [0.1, 0.15) is 5.75 Å². The molecule has 0 saturated carbocycles. The van der Waals surface area contributed by atoms with Crippen LogP contribution in [-0.4, -0.2) is 22.3 Å². The fourth-order valence-corrected chi connectivity index (χ4v) is 2.71. The summed E-state index contributed by atoms with van der Waals surface area (Å²) in [6.45, 7) is 0. The molecule has 1 heterocycles. The number of para-hydroxylation sites is 2. The Kier molecular flexibility index (Phi) is 6.17. The summed E-state index contributed by atoms with van der Waals surface area (Å²) in [5.41, 5.74) is 1.16. The van der Waals surface area contributed by atoms with Crippen molar-refractivity contribution in [2.75, 3.05) is 5.32 Å². The van der Waals surface area contributed by atoms with E-state index in [0.29, 0.717) is 28.4 Å². The van der Waals surface area contributed by atoms with Gasteiger partial charge in [0.05, 0.1) is 16.8 Å². The Hall–Kier alpha value is -4.19. The molecule has 6 nitrogen and oxygen atoms in total. The lowest BCUT2D eigenvalue weighted by Gasteiger charge is -2.04. The van der Waals surface area contributed by atoms with E-state index in [9.17, 15) is 19.5 Å². The molecule has 0 fully saturated rings. The summed E-state index contributed by atoms with van der Waals surface area (Å²) in [6.07, 6.45) is 9.81. The number of pyridine rings is 1. The van der Waals surface area contributed by atoms with Crippen molar-refractivity contribution >= 4 is 34.9 Å². The third-order valence-electron chi connectivity index (χ3n) is 4.12. The van der Waals surface area contributed by atoms with E-state index in [-0.39, 0.29) is 17.2 Å². The van der Waals surface area contributed by atoms with Gasteiger partial charge in [0.15, 0.2) is 6.29 Å². The first kappa shape index (κ1) is 19.6. The maximum Gasteiger partial charge on any atom is 0.259 e. The van der Waals surface area contributed by atoms with Gasteiger partial charge in [0, 0.05) is 17.0 Å². The zero-order valence-corrected chi connectivity index (χ0v) is 15.3. The molecular formula is C23H18N2O4. The Balaban J connectivity index is 1.65. The second-order valence-electron chi connectivity index (χ2n) is 6.06. The molecule has 2 aromatic carbocycles. The van der Waals surface area contributed by atoms with Crippen LogP contribution in [-0.2, 0) is 4.79 Å². The lowest BCUT2D eigenvalue weighted by atomic mass is 10.1. The molecule has 0 atom stereocenters. The number of H-pyrrole nitrogens is 1. The van der Waals surface area contributed by atoms with Gasteiger partial charge in [-0.05, 0) is 30.3 Å². The Labute approximate surface area is 166 Å². The van der Waals surface area contributed by atoms with Gasteiger partial charge in [-0.15, -0.1) is 0 Å². The highest BCUT2D eigenvalue weighted by Gasteiger charge is 2.08. The fraction of sp³-hybridized carbons (Fsp3) is 0. The van der Waals surface area contributed by atoms with Crippen molar-refractivity contribution in [1.82, 2.24) is 4.98 Å². The Morgan fingerprint density at radius 1 is 0.966 bits per heavy atom. The van der Waals surface area contributed by atoms with Gasteiger partial charge >= 0.3 is 0 Å². The van der Waals surface area contributed by atoms with E-state index in [4.69, 9.17) is 0 Å². The van der Waals surface area contributed by atoms with Crippen LogP contribution in [0.25, 0.3) is 17.0 Å². The van der Waals surface area contributed by atoms with E-state index in [1.807, 2.05) is 0 Å². The zero-order chi connectivity index (χ0) is 20.6. The number of rotatable bonds is 6. The van der Waals surface area contributed by atoms with E-state index in [1.54, 1.807) is 66.8 Å². The molecule has 0 saturated heterocycles. The molecule has 3 aromatic rings. The molecule has 0 aliphatic carbocycles. The minimum Gasteiger partial charge on any atom is -0.506 e. The molecule has 0 aliphatic rings. The second kappa shape index (κ2) is 9.14. The largest absolute Gasteiger partial charge is 0.506 e. The van der Waals surface area contributed by atoms with Gasteiger partial charge in [-0.2, -0.15) is 0 Å². The predicted octanol–water partition coefficient (Wildman–Crippen LogP) is 3.81. The number of hydrogen-bond acceptors (Lipinski definition) is 4.